The summed E-state index contributed by atoms with van der Waals surface area (Å²) in [7, 11) is 0. The van der Waals surface area contributed by atoms with Crippen molar-refractivity contribution in [3.05, 3.63) is 84.1 Å². The lowest BCUT2D eigenvalue weighted by molar-refractivity contribution is 0.291. The lowest BCUT2D eigenvalue weighted by Gasteiger charge is -2.06. The third-order valence-corrected chi connectivity index (χ3v) is 3.46. The van der Waals surface area contributed by atoms with Gasteiger partial charge in [-0.1, -0.05) is 24.1 Å². The fourth-order valence-corrected chi connectivity index (χ4v) is 2.24. The van der Waals surface area contributed by atoms with Crippen molar-refractivity contribution in [2.45, 2.75) is 6.61 Å². The molecule has 1 aromatic carbocycles. The number of pyridine rings is 1. The van der Waals surface area contributed by atoms with Crippen molar-refractivity contribution in [1.82, 2.24) is 15.0 Å². The maximum absolute atomic E-state index is 5.81. The Balaban J connectivity index is 1.72. The molecular formula is C20H13N3O2. The summed E-state index contributed by atoms with van der Waals surface area (Å²) < 4.78 is 10.9. The molecule has 3 aromatic heterocycles. The highest BCUT2D eigenvalue weighted by Gasteiger charge is 2.10. The van der Waals surface area contributed by atoms with E-state index in [9.17, 15) is 0 Å². The number of nitrogens with zero attached hydrogens (tertiary/aromatic N) is 3. The summed E-state index contributed by atoms with van der Waals surface area (Å²) in [6.07, 6.45) is 4.91. The van der Waals surface area contributed by atoms with E-state index >= 15 is 0 Å². The number of aromatic nitrogens is 3. The molecule has 0 bridgehead atoms. The van der Waals surface area contributed by atoms with Crippen LogP contribution in [0.25, 0.3) is 11.2 Å². The van der Waals surface area contributed by atoms with Crippen LogP contribution in [0.3, 0.4) is 0 Å². The van der Waals surface area contributed by atoms with Gasteiger partial charge in [0.2, 0.25) is 5.88 Å². The van der Waals surface area contributed by atoms with Crippen LogP contribution in [0.15, 0.2) is 71.7 Å². The predicted molar refractivity (Wildman–Crippen MR) is 92.8 cm³/mol. The van der Waals surface area contributed by atoms with Crippen LogP contribution >= 0.6 is 0 Å². The van der Waals surface area contributed by atoms with Gasteiger partial charge in [0, 0.05) is 17.3 Å². The molecule has 0 aliphatic rings. The number of fused-ring (bicyclic) bond motifs is 1. The van der Waals surface area contributed by atoms with Gasteiger partial charge >= 0.3 is 0 Å². The van der Waals surface area contributed by atoms with Crippen molar-refractivity contribution in [1.29, 1.82) is 0 Å². The Morgan fingerprint density at radius 1 is 0.960 bits per heavy atom. The van der Waals surface area contributed by atoms with Gasteiger partial charge in [0.1, 0.15) is 12.1 Å². The number of furan rings is 1. The van der Waals surface area contributed by atoms with Crippen LogP contribution in [-0.4, -0.2) is 15.0 Å². The zero-order valence-corrected chi connectivity index (χ0v) is 13.2. The van der Waals surface area contributed by atoms with Crippen molar-refractivity contribution in [3.8, 4) is 17.7 Å². The maximum atomic E-state index is 5.81. The zero-order valence-electron chi connectivity index (χ0n) is 13.2. The first-order chi connectivity index (χ1) is 12.4. The lowest BCUT2D eigenvalue weighted by Crippen LogP contribution is -2.02. The summed E-state index contributed by atoms with van der Waals surface area (Å²) in [4.78, 5) is 13.2. The second-order valence-corrected chi connectivity index (χ2v) is 5.26. The molecule has 0 saturated carbocycles. The second-order valence-electron chi connectivity index (χ2n) is 5.26. The summed E-state index contributed by atoms with van der Waals surface area (Å²) in [5.74, 6) is 6.50. The quantitative estimate of drug-likeness (QED) is 0.538. The fraction of sp³-hybridized carbons (Fsp3) is 0.0500. The molecule has 5 heteroatoms. The normalized spacial score (nSPS) is 10.2. The summed E-state index contributed by atoms with van der Waals surface area (Å²) in [6, 6.07) is 15.2. The minimum Gasteiger partial charge on any atom is -0.472 e. The molecule has 0 saturated heterocycles. The van der Waals surface area contributed by atoms with Gasteiger partial charge in [-0.3, -0.25) is 0 Å². The molecule has 0 unspecified atom stereocenters. The van der Waals surface area contributed by atoms with E-state index in [1.54, 1.807) is 18.7 Å². The van der Waals surface area contributed by atoms with Crippen LogP contribution in [0.4, 0.5) is 0 Å². The first-order valence-corrected chi connectivity index (χ1v) is 7.72. The van der Waals surface area contributed by atoms with Crippen molar-refractivity contribution in [2.75, 3.05) is 0 Å². The Labute approximate surface area is 144 Å². The molecule has 3 heterocycles. The molecule has 0 radical (unpaired) electrons. The van der Waals surface area contributed by atoms with Gasteiger partial charge in [-0.15, -0.1) is 0 Å². The van der Waals surface area contributed by atoms with Crippen molar-refractivity contribution >= 4 is 11.2 Å². The van der Waals surface area contributed by atoms with Gasteiger partial charge in [-0.25, -0.2) is 15.0 Å². The van der Waals surface area contributed by atoms with E-state index < -0.39 is 0 Å². The Bertz CT molecular complexity index is 1050. The van der Waals surface area contributed by atoms with E-state index in [0.29, 0.717) is 29.3 Å². The Kier molecular flexibility index (Phi) is 4.09. The average molecular weight is 327 g/mol. The molecule has 4 aromatic rings. The molecule has 0 atom stereocenters. The molecule has 25 heavy (non-hydrogen) atoms. The number of benzene rings is 1. The van der Waals surface area contributed by atoms with Crippen LogP contribution in [-0.2, 0) is 6.61 Å². The second kappa shape index (κ2) is 6.85. The molecule has 120 valence electrons. The van der Waals surface area contributed by atoms with Crippen LogP contribution in [0, 0.1) is 11.8 Å². The highest BCUT2D eigenvalue weighted by molar-refractivity contribution is 5.71. The van der Waals surface area contributed by atoms with Crippen LogP contribution in [0.2, 0.25) is 0 Å². The van der Waals surface area contributed by atoms with Gasteiger partial charge < -0.3 is 9.15 Å². The highest BCUT2D eigenvalue weighted by Crippen LogP contribution is 2.18. The van der Waals surface area contributed by atoms with Crippen molar-refractivity contribution < 1.29 is 9.15 Å². The molecule has 0 aliphatic carbocycles. The van der Waals surface area contributed by atoms with E-state index in [1.807, 2.05) is 48.5 Å². The van der Waals surface area contributed by atoms with E-state index in [4.69, 9.17) is 9.15 Å². The topological polar surface area (TPSA) is 61.0 Å². The third kappa shape index (κ3) is 3.48. The van der Waals surface area contributed by atoms with E-state index in [0.717, 1.165) is 11.1 Å². The highest BCUT2D eigenvalue weighted by atomic mass is 16.5. The Morgan fingerprint density at radius 2 is 1.88 bits per heavy atom. The molecule has 0 fully saturated rings. The van der Waals surface area contributed by atoms with Gasteiger partial charge in [-0.05, 0) is 36.3 Å². The molecule has 4 rings (SSSR count). The molecular weight excluding hydrogens is 314 g/mol. The first-order valence-electron chi connectivity index (χ1n) is 7.72. The maximum Gasteiger partial charge on any atom is 0.250 e. The minimum atomic E-state index is 0.330. The number of rotatable bonds is 3. The molecule has 5 nitrogen and oxygen atoms in total. The van der Waals surface area contributed by atoms with Crippen molar-refractivity contribution in [3.63, 3.8) is 0 Å². The average Bonchev–Trinajstić information content (AvgIpc) is 3.19. The number of ether oxygens (including phenoxy) is 1. The summed E-state index contributed by atoms with van der Waals surface area (Å²) in [5, 5.41) is 0. The van der Waals surface area contributed by atoms with Crippen molar-refractivity contribution in [2.24, 2.45) is 0 Å². The van der Waals surface area contributed by atoms with Gasteiger partial charge in [0.05, 0.1) is 12.5 Å². The monoisotopic (exact) mass is 327 g/mol. The largest absolute Gasteiger partial charge is 0.472 e. The minimum absolute atomic E-state index is 0.330. The Hall–Kier alpha value is -3.65. The number of hydrogen-bond acceptors (Lipinski definition) is 5. The predicted octanol–water partition coefficient (Wildman–Crippen LogP) is 3.60. The van der Waals surface area contributed by atoms with Crippen LogP contribution < -0.4 is 4.74 Å². The summed E-state index contributed by atoms with van der Waals surface area (Å²) in [5.41, 5.74) is 3.46. The van der Waals surface area contributed by atoms with Gasteiger partial charge in [-0.2, -0.15) is 0 Å². The standard InChI is InChI=1S/C20H13N3O2/c1-2-5-15(6-3-1)8-9-18-20(25-14-16-10-12-24-13-16)23-17-7-4-11-21-19(17)22-18/h1-7,10-13H,14H2. The van der Waals surface area contributed by atoms with Gasteiger partial charge in [0.25, 0.3) is 0 Å². The Morgan fingerprint density at radius 3 is 2.72 bits per heavy atom. The van der Waals surface area contributed by atoms with Crippen LogP contribution in [0.5, 0.6) is 5.88 Å². The van der Waals surface area contributed by atoms with Crippen LogP contribution in [0.1, 0.15) is 16.8 Å². The summed E-state index contributed by atoms with van der Waals surface area (Å²) in [6.45, 7) is 0.330. The smallest absolute Gasteiger partial charge is 0.250 e. The SMILES string of the molecule is C(#Cc1nc2ncccc2nc1OCc1ccoc1)c1ccccc1. The third-order valence-electron chi connectivity index (χ3n) is 3.46. The van der Waals surface area contributed by atoms with E-state index in [2.05, 4.69) is 26.8 Å². The zero-order chi connectivity index (χ0) is 16.9. The molecule has 0 aliphatic heterocycles. The molecule has 0 N–H and O–H groups in total. The lowest BCUT2D eigenvalue weighted by atomic mass is 10.2. The fourth-order valence-electron chi connectivity index (χ4n) is 2.24. The molecule has 0 spiro atoms. The summed E-state index contributed by atoms with van der Waals surface area (Å²) >= 11 is 0. The van der Waals surface area contributed by atoms with E-state index in [1.165, 1.54) is 0 Å². The number of hydrogen-bond donors (Lipinski definition) is 0. The molecule has 0 amide bonds. The van der Waals surface area contributed by atoms with Gasteiger partial charge in [0.15, 0.2) is 11.3 Å². The first kappa shape index (κ1) is 14.9. The van der Waals surface area contributed by atoms with E-state index in [-0.39, 0.29) is 0 Å².